The van der Waals surface area contributed by atoms with Crippen molar-refractivity contribution in [1.29, 1.82) is 0 Å². The summed E-state index contributed by atoms with van der Waals surface area (Å²) in [6, 6.07) is 5.61. The second-order valence-electron chi connectivity index (χ2n) is 4.77. The van der Waals surface area contributed by atoms with Crippen LogP contribution in [0, 0.1) is 5.82 Å². The summed E-state index contributed by atoms with van der Waals surface area (Å²) in [6.07, 6.45) is 7.42. The standard InChI is InChI=1S/C14H19BrFN/c15-14-10-12(16)7-5-11(14)6-8-13-4-2-1-3-9-17-13/h5,7,10,13,17H,1-4,6,8-9H2. The highest BCUT2D eigenvalue weighted by Gasteiger charge is 2.12. The van der Waals surface area contributed by atoms with Crippen molar-refractivity contribution in [2.24, 2.45) is 0 Å². The monoisotopic (exact) mass is 299 g/mol. The summed E-state index contributed by atoms with van der Waals surface area (Å²) >= 11 is 3.43. The predicted molar refractivity (Wildman–Crippen MR) is 72.7 cm³/mol. The van der Waals surface area contributed by atoms with Gasteiger partial charge in [-0.3, -0.25) is 0 Å². The quantitative estimate of drug-likeness (QED) is 0.888. The van der Waals surface area contributed by atoms with E-state index in [9.17, 15) is 4.39 Å². The fourth-order valence-electron chi connectivity index (χ4n) is 2.40. The van der Waals surface area contributed by atoms with Gasteiger partial charge in [-0.05, 0) is 49.9 Å². The number of halogens is 2. The molecule has 0 bridgehead atoms. The Morgan fingerprint density at radius 1 is 1.29 bits per heavy atom. The molecular weight excluding hydrogens is 281 g/mol. The summed E-state index contributed by atoms with van der Waals surface area (Å²) in [5.41, 5.74) is 1.21. The Kier molecular flexibility index (Phi) is 4.99. The lowest BCUT2D eigenvalue weighted by atomic mass is 10.0. The Balaban J connectivity index is 1.88. The van der Waals surface area contributed by atoms with Gasteiger partial charge in [-0.25, -0.2) is 4.39 Å². The SMILES string of the molecule is Fc1ccc(CCC2CCCCCN2)c(Br)c1. The molecular formula is C14H19BrFN. The van der Waals surface area contributed by atoms with Crippen LogP contribution < -0.4 is 5.32 Å². The van der Waals surface area contributed by atoms with E-state index in [1.165, 1.54) is 31.2 Å². The van der Waals surface area contributed by atoms with Crippen LogP contribution in [0.25, 0.3) is 0 Å². The third-order valence-corrected chi connectivity index (χ3v) is 4.18. The number of aryl methyl sites for hydroxylation is 1. The van der Waals surface area contributed by atoms with E-state index in [2.05, 4.69) is 21.2 Å². The molecule has 0 radical (unpaired) electrons. The first-order valence-electron chi connectivity index (χ1n) is 6.43. The van der Waals surface area contributed by atoms with Gasteiger partial charge in [0.25, 0.3) is 0 Å². The van der Waals surface area contributed by atoms with Gasteiger partial charge in [-0.2, -0.15) is 0 Å². The molecule has 0 spiro atoms. The minimum atomic E-state index is -0.173. The third-order valence-electron chi connectivity index (χ3n) is 3.44. The zero-order chi connectivity index (χ0) is 12.1. The van der Waals surface area contributed by atoms with E-state index in [0.29, 0.717) is 6.04 Å². The normalized spacial score (nSPS) is 21.2. The van der Waals surface area contributed by atoms with E-state index in [0.717, 1.165) is 23.9 Å². The fraction of sp³-hybridized carbons (Fsp3) is 0.571. The number of rotatable bonds is 3. The van der Waals surface area contributed by atoms with E-state index >= 15 is 0 Å². The molecule has 0 aromatic heterocycles. The maximum atomic E-state index is 13.0. The maximum Gasteiger partial charge on any atom is 0.124 e. The molecule has 1 aromatic rings. The minimum Gasteiger partial charge on any atom is -0.314 e. The topological polar surface area (TPSA) is 12.0 Å². The molecule has 1 aliphatic heterocycles. The molecule has 1 N–H and O–H groups in total. The Hall–Kier alpha value is -0.410. The molecule has 1 nitrogen and oxygen atoms in total. The molecule has 1 unspecified atom stereocenters. The summed E-state index contributed by atoms with van der Waals surface area (Å²) in [5, 5.41) is 3.59. The summed E-state index contributed by atoms with van der Waals surface area (Å²) in [7, 11) is 0. The zero-order valence-corrected chi connectivity index (χ0v) is 11.6. The average Bonchev–Trinajstić information content (AvgIpc) is 2.56. The molecule has 1 aliphatic rings. The molecule has 1 saturated heterocycles. The van der Waals surface area contributed by atoms with Gasteiger partial charge >= 0.3 is 0 Å². The third kappa shape index (κ3) is 4.07. The van der Waals surface area contributed by atoms with Crippen LogP contribution in [-0.2, 0) is 6.42 Å². The van der Waals surface area contributed by atoms with Gasteiger partial charge in [0, 0.05) is 10.5 Å². The van der Waals surface area contributed by atoms with Crippen molar-refractivity contribution in [2.45, 2.75) is 44.6 Å². The lowest BCUT2D eigenvalue weighted by Crippen LogP contribution is -2.28. The summed E-state index contributed by atoms with van der Waals surface area (Å²) in [5.74, 6) is -0.173. The molecule has 0 saturated carbocycles. The zero-order valence-electron chi connectivity index (χ0n) is 10.0. The van der Waals surface area contributed by atoms with Crippen molar-refractivity contribution in [3.05, 3.63) is 34.1 Å². The first kappa shape index (κ1) is 13.0. The first-order valence-corrected chi connectivity index (χ1v) is 7.22. The van der Waals surface area contributed by atoms with Crippen molar-refractivity contribution < 1.29 is 4.39 Å². The maximum absolute atomic E-state index is 13.0. The van der Waals surface area contributed by atoms with Crippen molar-refractivity contribution in [3.8, 4) is 0 Å². The van der Waals surface area contributed by atoms with E-state index in [1.807, 2.05) is 6.07 Å². The smallest absolute Gasteiger partial charge is 0.124 e. The molecule has 1 atom stereocenters. The van der Waals surface area contributed by atoms with Gasteiger partial charge in [0.05, 0.1) is 0 Å². The van der Waals surface area contributed by atoms with Crippen LogP contribution in [0.4, 0.5) is 4.39 Å². The van der Waals surface area contributed by atoms with Gasteiger partial charge in [0.2, 0.25) is 0 Å². The molecule has 17 heavy (non-hydrogen) atoms. The Bertz CT molecular complexity index is 359. The summed E-state index contributed by atoms with van der Waals surface area (Å²) < 4.78 is 13.8. The highest BCUT2D eigenvalue weighted by atomic mass is 79.9. The molecule has 3 heteroatoms. The summed E-state index contributed by atoms with van der Waals surface area (Å²) in [4.78, 5) is 0. The highest BCUT2D eigenvalue weighted by Crippen LogP contribution is 2.21. The Morgan fingerprint density at radius 3 is 3.00 bits per heavy atom. The van der Waals surface area contributed by atoms with Crippen LogP contribution >= 0.6 is 15.9 Å². The number of benzene rings is 1. The summed E-state index contributed by atoms with van der Waals surface area (Å²) in [6.45, 7) is 1.15. The van der Waals surface area contributed by atoms with Crippen LogP contribution in [-0.4, -0.2) is 12.6 Å². The van der Waals surface area contributed by atoms with Crippen LogP contribution in [0.3, 0.4) is 0 Å². The second kappa shape index (κ2) is 6.50. The number of hydrogen-bond acceptors (Lipinski definition) is 1. The van der Waals surface area contributed by atoms with E-state index in [4.69, 9.17) is 0 Å². The van der Waals surface area contributed by atoms with Gasteiger partial charge in [0.15, 0.2) is 0 Å². The van der Waals surface area contributed by atoms with Gasteiger partial charge in [-0.15, -0.1) is 0 Å². The molecule has 1 heterocycles. The first-order chi connectivity index (χ1) is 8.25. The lowest BCUT2D eigenvalue weighted by molar-refractivity contribution is 0.478. The molecule has 0 aliphatic carbocycles. The molecule has 0 amide bonds. The van der Waals surface area contributed by atoms with Crippen LogP contribution in [0.1, 0.15) is 37.7 Å². The van der Waals surface area contributed by atoms with Crippen molar-refractivity contribution in [2.75, 3.05) is 6.54 Å². The van der Waals surface area contributed by atoms with E-state index in [1.54, 1.807) is 12.1 Å². The molecule has 1 fully saturated rings. The van der Waals surface area contributed by atoms with Crippen molar-refractivity contribution in [1.82, 2.24) is 5.32 Å². The van der Waals surface area contributed by atoms with E-state index in [-0.39, 0.29) is 5.82 Å². The Morgan fingerprint density at radius 2 is 2.18 bits per heavy atom. The average molecular weight is 300 g/mol. The fourth-order valence-corrected chi connectivity index (χ4v) is 2.95. The Labute approximate surface area is 111 Å². The van der Waals surface area contributed by atoms with Crippen molar-refractivity contribution in [3.63, 3.8) is 0 Å². The van der Waals surface area contributed by atoms with Gasteiger partial charge < -0.3 is 5.32 Å². The second-order valence-corrected chi connectivity index (χ2v) is 5.63. The van der Waals surface area contributed by atoms with E-state index < -0.39 is 0 Å². The number of nitrogens with one attached hydrogen (secondary N) is 1. The number of hydrogen-bond donors (Lipinski definition) is 1. The van der Waals surface area contributed by atoms with Crippen molar-refractivity contribution >= 4 is 15.9 Å². The molecule has 1 aromatic carbocycles. The lowest BCUT2D eigenvalue weighted by Gasteiger charge is -2.15. The predicted octanol–water partition coefficient (Wildman–Crippen LogP) is 4.05. The molecule has 2 rings (SSSR count). The minimum absolute atomic E-state index is 0.173. The largest absolute Gasteiger partial charge is 0.314 e. The van der Waals surface area contributed by atoms with Crippen LogP contribution in [0.15, 0.2) is 22.7 Å². The van der Waals surface area contributed by atoms with Gasteiger partial charge in [0.1, 0.15) is 5.82 Å². The highest BCUT2D eigenvalue weighted by molar-refractivity contribution is 9.10. The van der Waals surface area contributed by atoms with Crippen LogP contribution in [0.2, 0.25) is 0 Å². The van der Waals surface area contributed by atoms with Crippen LogP contribution in [0.5, 0.6) is 0 Å². The van der Waals surface area contributed by atoms with Gasteiger partial charge in [-0.1, -0.05) is 34.8 Å². The molecule has 94 valence electrons.